The van der Waals surface area contributed by atoms with Gasteiger partial charge < -0.3 is 4.90 Å². The molecule has 1 aliphatic rings. The van der Waals surface area contributed by atoms with E-state index in [-0.39, 0.29) is 0 Å². The van der Waals surface area contributed by atoms with Crippen LogP contribution in [0, 0.1) is 13.5 Å². The molecular formula is C17H16N3+. The van der Waals surface area contributed by atoms with E-state index in [4.69, 9.17) is 6.57 Å². The molecule has 3 rings (SSSR count). The van der Waals surface area contributed by atoms with Crippen molar-refractivity contribution in [2.75, 3.05) is 18.6 Å². The van der Waals surface area contributed by atoms with Gasteiger partial charge in [0.15, 0.2) is 17.6 Å². The van der Waals surface area contributed by atoms with Crippen molar-refractivity contribution in [3.05, 3.63) is 65.0 Å². The number of rotatable bonds is 1. The maximum atomic E-state index is 7.13. The van der Waals surface area contributed by atoms with Gasteiger partial charge in [0, 0.05) is 19.2 Å². The van der Waals surface area contributed by atoms with Crippen molar-refractivity contribution in [3.63, 3.8) is 0 Å². The fourth-order valence-corrected chi connectivity index (χ4v) is 2.71. The van der Waals surface area contributed by atoms with Crippen LogP contribution in [0.3, 0.4) is 0 Å². The van der Waals surface area contributed by atoms with Gasteiger partial charge in [-0.05, 0) is 18.6 Å². The van der Waals surface area contributed by atoms with Crippen LogP contribution < -0.4 is 4.90 Å². The Morgan fingerprint density at radius 1 is 1.20 bits per heavy atom. The number of hydrogen-bond acceptors (Lipinski definition) is 1. The van der Waals surface area contributed by atoms with E-state index >= 15 is 0 Å². The van der Waals surface area contributed by atoms with E-state index in [1.54, 1.807) is 0 Å². The smallest absolute Gasteiger partial charge is 0.224 e. The molecule has 2 aromatic carbocycles. The van der Waals surface area contributed by atoms with Crippen molar-refractivity contribution in [1.29, 1.82) is 0 Å². The Morgan fingerprint density at radius 2 is 2.00 bits per heavy atom. The van der Waals surface area contributed by atoms with Gasteiger partial charge >= 0.3 is 0 Å². The largest absolute Gasteiger partial charge is 0.319 e. The van der Waals surface area contributed by atoms with Crippen LogP contribution in [0.15, 0.2) is 42.5 Å². The first-order valence-electron chi connectivity index (χ1n) is 6.59. The van der Waals surface area contributed by atoms with Gasteiger partial charge in [0.1, 0.15) is 0 Å². The summed E-state index contributed by atoms with van der Waals surface area (Å²) in [6.45, 7) is 10.1. The first kappa shape index (κ1) is 12.4. The molecule has 0 unspecified atom stereocenters. The SMILES string of the molecule is [C-]#[N+]c1cccc([N+]2=Cc3cccc(C)c3N(C)C2)c1. The molecule has 2 aromatic rings. The van der Waals surface area contributed by atoms with Crippen molar-refractivity contribution in [1.82, 2.24) is 0 Å². The molecule has 0 saturated heterocycles. The second-order valence-corrected chi connectivity index (χ2v) is 5.08. The zero-order valence-corrected chi connectivity index (χ0v) is 11.7. The van der Waals surface area contributed by atoms with Gasteiger partial charge in [0.2, 0.25) is 6.67 Å². The molecule has 0 amide bonds. The summed E-state index contributed by atoms with van der Waals surface area (Å²) < 4.78 is 2.18. The summed E-state index contributed by atoms with van der Waals surface area (Å²) in [5, 5.41) is 0. The summed E-state index contributed by atoms with van der Waals surface area (Å²) in [4.78, 5) is 5.74. The fraction of sp³-hybridized carbons (Fsp3) is 0.176. The summed E-state index contributed by atoms with van der Waals surface area (Å²) in [7, 11) is 2.10. The quantitative estimate of drug-likeness (QED) is 0.563. The standard InChI is InChI=1S/C17H16N3/c1-13-6-4-7-14-11-20(12-19(3)17(13)14)16-9-5-8-15(10-16)18-2/h4-11H,12H2,1,3H3/q+1. The van der Waals surface area contributed by atoms with Gasteiger partial charge in [-0.15, -0.1) is 0 Å². The monoisotopic (exact) mass is 262 g/mol. The lowest BCUT2D eigenvalue weighted by Gasteiger charge is -2.25. The summed E-state index contributed by atoms with van der Waals surface area (Å²) in [5.41, 5.74) is 5.51. The van der Waals surface area contributed by atoms with Crippen molar-refractivity contribution < 1.29 is 4.58 Å². The summed E-state index contributed by atoms with van der Waals surface area (Å²) in [5.74, 6) is 0. The van der Waals surface area contributed by atoms with Gasteiger partial charge in [0.25, 0.3) is 0 Å². The number of anilines is 1. The summed E-state index contributed by atoms with van der Waals surface area (Å²) >= 11 is 0. The van der Waals surface area contributed by atoms with Crippen LogP contribution in [0.25, 0.3) is 4.85 Å². The Labute approximate surface area is 119 Å². The lowest BCUT2D eigenvalue weighted by atomic mass is 10.1. The number of benzene rings is 2. The number of nitrogens with zero attached hydrogens (tertiary/aromatic N) is 3. The molecule has 98 valence electrons. The molecule has 3 nitrogen and oxygen atoms in total. The molecule has 20 heavy (non-hydrogen) atoms. The molecule has 0 saturated carbocycles. The Morgan fingerprint density at radius 3 is 2.80 bits per heavy atom. The fourth-order valence-electron chi connectivity index (χ4n) is 2.71. The first-order chi connectivity index (χ1) is 9.69. The van der Waals surface area contributed by atoms with E-state index in [9.17, 15) is 0 Å². The van der Waals surface area contributed by atoms with Crippen molar-refractivity contribution in [2.45, 2.75) is 6.92 Å². The van der Waals surface area contributed by atoms with Crippen molar-refractivity contribution in [3.8, 4) is 0 Å². The normalized spacial score (nSPS) is 13.4. The number of fused-ring (bicyclic) bond motifs is 1. The molecule has 0 N–H and O–H groups in total. The van der Waals surface area contributed by atoms with Crippen molar-refractivity contribution >= 4 is 23.3 Å². The number of para-hydroxylation sites is 1. The topological polar surface area (TPSA) is 10.6 Å². The van der Waals surface area contributed by atoms with Crippen LogP contribution >= 0.6 is 0 Å². The van der Waals surface area contributed by atoms with E-state index in [1.165, 1.54) is 16.8 Å². The zero-order valence-electron chi connectivity index (χ0n) is 11.7. The van der Waals surface area contributed by atoms with Crippen LogP contribution in [-0.2, 0) is 0 Å². The average molecular weight is 262 g/mol. The highest BCUT2D eigenvalue weighted by molar-refractivity contribution is 5.88. The summed E-state index contributed by atoms with van der Waals surface area (Å²) in [6, 6.07) is 14.1. The molecule has 0 fully saturated rings. The van der Waals surface area contributed by atoms with E-state index < -0.39 is 0 Å². The minimum Gasteiger partial charge on any atom is -0.319 e. The average Bonchev–Trinajstić information content (AvgIpc) is 2.47. The number of hydrogen-bond donors (Lipinski definition) is 0. The number of aryl methyl sites for hydroxylation is 1. The molecule has 0 aliphatic carbocycles. The summed E-state index contributed by atoms with van der Waals surface area (Å²) in [6.07, 6.45) is 2.16. The molecule has 3 heteroatoms. The minimum atomic E-state index is 0.675. The molecule has 0 spiro atoms. The third kappa shape index (κ3) is 2.06. The zero-order chi connectivity index (χ0) is 14.1. The Bertz CT molecular complexity index is 738. The molecule has 0 radical (unpaired) electrons. The van der Waals surface area contributed by atoms with E-state index in [0.29, 0.717) is 5.69 Å². The Balaban J connectivity index is 2.11. The molecule has 1 aliphatic heterocycles. The van der Waals surface area contributed by atoms with Crippen LogP contribution in [0.5, 0.6) is 0 Å². The maximum Gasteiger partial charge on any atom is 0.224 e. The van der Waals surface area contributed by atoms with Crippen LogP contribution in [0.2, 0.25) is 0 Å². The highest BCUT2D eigenvalue weighted by atomic mass is 15.3. The predicted molar refractivity (Wildman–Crippen MR) is 82.2 cm³/mol. The molecular weight excluding hydrogens is 246 g/mol. The van der Waals surface area contributed by atoms with Gasteiger partial charge in [-0.2, -0.15) is 4.58 Å². The molecule has 0 aromatic heterocycles. The van der Waals surface area contributed by atoms with Crippen LogP contribution in [0.1, 0.15) is 11.1 Å². The lowest BCUT2D eigenvalue weighted by molar-refractivity contribution is -0.435. The highest BCUT2D eigenvalue weighted by Gasteiger charge is 2.22. The van der Waals surface area contributed by atoms with Gasteiger partial charge in [-0.3, -0.25) is 0 Å². The molecule has 0 bridgehead atoms. The predicted octanol–water partition coefficient (Wildman–Crippen LogP) is 3.72. The Kier molecular flexibility index (Phi) is 3.00. The lowest BCUT2D eigenvalue weighted by Crippen LogP contribution is -2.32. The van der Waals surface area contributed by atoms with E-state index in [2.05, 4.69) is 52.7 Å². The van der Waals surface area contributed by atoms with E-state index in [1.807, 2.05) is 24.3 Å². The Hall–Kier alpha value is -2.60. The van der Waals surface area contributed by atoms with Crippen LogP contribution in [0.4, 0.5) is 17.1 Å². The minimum absolute atomic E-state index is 0.675. The van der Waals surface area contributed by atoms with Gasteiger partial charge in [0.05, 0.1) is 17.8 Å². The highest BCUT2D eigenvalue weighted by Crippen LogP contribution is 2.28. The van der Waals surface area contributed by atoms with E-state index in [0.717, 1.165) is 12.4 Å². The van der Waals surface area contributed by atoms with Crippen molar-refractivity contribution in [2.24, 2.45) is 0 Å². The first-order valence-corrected chi connectivity index (χ1v) is 6.59. The van der Waals surface area contributed by atoms with Gasteiger partial charge in [-0.1, -0.05) is 24.3 Å². The third-order valence-electron chi connectivity index (χ3n) is 3.60. The van der Waals surface area contributed by atoms with Crippen LogP contribution in [-0.4, -0.2) is 24.5 Å². The second kappa shape index (κ2) is 4.82. The third-order valence-corrected chi connectivity index (χ3v) is 3.60. The maximum absolute atomic E-state index is 7.13. The molecule has 1 heterocycles. The molecule has 0 atom stereocenters. The second-order valence-electron chi connectivity index (χ2n) is 5.08. The van der Waals surface area contributed by atoms with Gasteiger partial charge in [-0.25, -0.2) is 4.85 Å².